The molecule has 0 saturated carbocycles. The SMILES string of the molecule is CCNC(=NCc1nnc2ccccn12)NCCS(=O)(=O)C(C)(C)C. The molecule has 0 aliphatic rings. The summed E-state index contributed by atoms with van der Waals surface area (Å²) in [5.41, 5.74) is 0.766. The molecule has 0 aromatic carbocycles. The van der Waals surface area contributed by atoms with Crippen molar-refractivity contribution in [3.63, 3.8) is 0 Å². The van der Waals surface area contributed by atoms with Crippen LogP contribution >= 0.6 is 0 Å². The highest BCUT2D eigenvalue weighted by atomic mass is 32.2. The number of hydrogen-bond donors (Lipinski definition) is 2. The Balaban J connectivity index is 2.01. The fourth-order valence-electron chi connectivity index (χ4n) is 2.10. The number of aromatic nitrogens is 3. The highest BCUT2D eigenvalue weighted by Crippen LogP contribution is 2.15. The Kier molecular flexibility index (Phi) is 5.99. The molecule has 0 aliphatic carbocycles. The minimum absolute atomic E-state index is 0.0504. The highest BCUT2D eigenvalue weighted by molar-refractivity contribution is 7.92. The van der Waals surface area contributed by atoms with Gasteiger partial charge in [-0.15, -0.1) is 10.2 Å². The van der Waals surface area contributed by atoms with Crippen molar-refractivity contribution in [2.75, 3.05) is 18.8 Å². The molecule has 8 nitrogen and oxygen atoms in total. The average Bonchev–Trinajstić information content (AvgIpc) is 2.94. The number of nitrogens with one attached hydrogen (secondary N) is 2. The lowest BCUT2D eigenvalue weighted by Crippen LogP contribution is -2.41. The minimum Gasteiger partial charge on any atom is -0.357 e. The predicted molar refractivity (Wildman–Crippen MR) is 99.3 cm³/mol. The number of rotatable bonds is 6. The lowest BCUT2D eigenvalue weighted by Gasteiger charge is -2.19. The number of aliphatic imine (C=N–C) groups is 1. The molecule has 0 fully saturated rings. The summed E-state index contributed by atoms with van der Waals surface area (Å²) in [5, 5.41) is 14.4. The van der Waals surface area contributed by atoms with Crippen molar-refractivity contribution in [1.29, 1.82) is 0 Å². The van der Waals surface area contributed by atoms with E-state index < -0.39 is 14.6 Å². The van der Waals surface area contributed by atoms with Crippen LogP contribution in [0.3, 0.4) is 0 Å². The van der Waals surface area contributed by atoms with Crippen LogP contribution in [0.25, 0.3) is 5.65 Å². The van der Waals surface area contributed by atoms with Gasteiger partial charge in [0.2, 0.25) is 0 Å². The van der Waals surface area contributed by atoms with E-state index >= 15 is 0 Å². The van der Waals surface area contributed by atoms with Crippen LogP contribution < -0.4 is 10.6 Å². The summed E-state index contributed by atoms with van der Waals surface area (Å²) >= 11 is 0. The van der Waals surface area contributed by atoms with Crippen LogP contribution in [0.5, 0.6) is 0 Å². The first-order chi connectivity index (χ1) is 11.7. The molecule has 0 amide bonds. The van der Waals surface area contributed by atoms with Crippen LogP contribution in [0, 0.1) is 0 Å². The molecule has 2 heterocycles. The third kappa shape index (κ3) is 4.91. The van der Waals surface area contributed by atoms with Crippen LogP contribution in [0.4, 0.5) is 0 Å². The zero-order chi connectivity index (χ0) is 18.5. The van der Waals surface area contributed by atoms with Gasteiger partial charge in [0.25, 0.3) is 0 Å². The van der Waals surface area contributed by atoms with Crippen molar-refractivity contribution in [3.8, 4) is 0 Å². The van der Waals surface area contributed by atoms with E-state index in [9.17, 15) is 8.42 Å². The molecule has 0 atom stereocenters. The first-order valence-corrected chi connectivity index (χ1v) is 9.93. The number of guanidine groups is 1. The highest BCUT2D eigenvalue weighted by Gasteiger charge is 2.28. The monoisotopic (exact) mass is 366 g/mol. The summed E-state index contributed by atoms with van der Waals surface area (Å²) < 4.78 is 25.4. The number of pyridine rings is 1. The summed E-state index contributed by atoms with van der Waals surface area (Å²) in [6.45, 7) is 8.39. The van der Waals surface area contributed by atoms with Crippen LogP contribution in [-0.4, -0.2) is 52.6 Å². The molecular formula is C16H26N6O2S. The molecule has 9 heteroatoms. The Morgan fingerprint density at radius 2 is 2.00 bits per heavy atom. The summed E-state index contributed by atoms with van der Waals surface area (Å²) in [6.07, 6.45) is 1.89. The van der Waals surface area contributed by atoms with Gasteiger partial charge in [-0.05, 0) is 39.8 Å². The second kappa shape index (κ2) is 7.81. The van der Waals surface area contributed by atoms with Gasteiger partial charge in [0.15, 0.2) is 27.3 Å². The van der Waals surface area contributed by atoms with E-state index in [1.165, 1.54) is 0 Å². The Morgan fingerprint density at radius 3 is 2.68 bits per heavy atom. The Labute approximate surface area is 148 Å². The molecule has 0 radical (unpaired) electrons. The van der Waals surface area contributed by atoms with E-state index in [0.29, 0.717) is 25.6 Å². The Bertz CT molecular complexity index is 836. The average molecular weight is 366 g/mol. The van der Waals surface area contributed by atoms with E-state index in [0.717, 1.165) is 11.5 Å². The standard InChI is InChI=1S/C16H26N6O2S/c1-5-17-15(18-9-11-25(23,24)16(2,3)4)19-12-14-21-20-13-8-6-7-10-22(13)14/h6-8,10H,5,9,11-12H2,1-4H3,(H2,17,18,19). The topological polar surface area (TPSA) is 101 Å². The zero-order valence-corrected chi connectivity index (χ0v) is 16.0. The Morgan fingerprint density at radius 1 is 1.24 bits per heavy atom. The number of nitrogens with zero attached hydrogens (tertiary/aromatic N) is 4. The molecule has 25 heavy (non-hydrogen) atoms. The third-order valence-corrected chi connectivity index (χ3v) is 6.31. The second-order valence-electron chi connectivity index (χ2n) is 6.60. The Hall–Kier alpha value is -2.16. The van der Waals surface area contributed by atoms with Gasteiger partial charge in [0.05, 0.1) is 10.5 Å². The molecule has 0 saturated heterocycles. The lowest BCUT2D eigenvalue weighted by atomic mass is 10.3. The molecule has 2 aromatic rings. The maximum Gasteiger partial charge on any atom is 0.191 e. The third-order valence-electron chi connectivity index (χ3n) is 3.70. The van der Waals surface area contributed by atoms with Gasteiger partial charge in [-0.2, -0.15) is 0 Å². The fourth-order valence-corrected chi connectivity index (χ4v) is 3.08. The molecule has 2 N–H and O–H groups in total. The van der Waals surface area contributed by atoms with Gasteiger partial charge in [-0.1, -0.05) is 6.07 Å². The summed E-state index contributed by atoms with van der Waals surface area (Å²) in [7, 11) is -3.17. The normalized spacial score (nSPS) is 13.2. The molecule has 0 bridgehead atoms. The first kappa shape index (κ1) is 19.2. The molecule has 0 aliphatic heterocycles. The van der Waals surface area contributed by atoms with E-state index in [-0.39, 0.29) is 5.75 Å². The molecule has 0 unspecified atom stereocenters. The van der Waals surface area contributed by atoms with Crippen LogP contribution in [0.2, 0.25) is 0 Å². The van der Waals surface area contributed by atoms with Gasteiger partial charge in [0.1, 0.15) is 6.54 Å². The number of sulfone groups is 1. The van der Waals surface area contributed by atoms with Crippen molar-refractivity contribution in [2.24, 2.45) is 4.99 Å². The van der Waals surface area contributed by atoms with Gasteiger partial charge in [0, 0.05) is 19.3 Å². The molecule has 0 spiro atoms. The fraction of sp³-hybridized carbons (Fsp3) is 0.562. The van der Waals surface area contributed by atoms with Gasteiger partial charge < -0.3 is 10.6 Å². The van der Waals surface area contributed by atoms with Gasteiger partial charge in [-0.25, -0.2) is 13.4 Å². The quantitative estimate of drug-likeness (QED) is 0.584. The van der Waals surface area contributed by atoms with E-state index in [1.54, 1.807) is 20.8 Å². The minimum atomic E-state index is -3.17. The summed E-state index contributed by atoms with van der Waals surface area (Å²) in [5.74, 6) is 1.32. The summed E-state index contributed by atoms with van der Waals surface area (Å²) in [6, 6.07) is 5.68. The largest absolute Gasteiger partial charge is 0.357 e. The van der Waals surface area contributed by atoms with E-state index in [4.69, 9.17) is 0 Å². The van der Waals surface area contributed by atoms with Crippen molar-refractivity contribution >= 4 is 21.4 Å². The molecule has 138 valence electrons. The van der Waals surface area contributed by atoms with Crippen LogP contribution in [0.1, 0.15) is 33.5 Å². The molecular weight excluding hydrogens is 340 g/mol. The van der Waals surface area contributed by atoms with Crippen LogP contribution in [0.15, 0.2) is 29.4 Å². The number of hydrogen-bond acceptors (Lipinski definition) is 5. The van der Waals surface area contributed by atoms with Crippen molar-refractivity contribution < 1.29 is 8.42 Å². The predicted octanol–water partition coefficient (Wildman–Crippen LogP) is 0.998. The smallest absolute Gasteiger partial charge is 0.191 e. The van der Waals surface area contributed by atoms with Crippen LogP contribution in [-0.2, 0) is 16.4 Å². The summed E-state index contributed by atoms with van der Waals surface area (Å²) in [4.78, 5) is 4.46. The first-order valence-electron chi connectivity index (χ1n) is 8.28. The molecule has 2 rings (SSSR count). The van der Waals surface area contributed by atoms with E-state index in [2.05, 4.69) is 25.8 Å². The maximum atomic E-state index is 12.2. The van der Waals surface area contributed by atoms with Gasteiger partial charge >= 0.3 is 0 Å². The van der Waals surface area contributed by atoms with Crippen molar-refractivity contribution in [1.82, 2.24) is 25.2 Å². The van der Waals surface area contributed by atoms with Crippen molar-refractivity contribution in [3.05, 3.63) is 30.2 Å². The lowest BCUT2D eigenvalue weighted by molar-refractivity contribution is 0.559. The van der Waals surface area contributed by atoms with Gasteiger partial charge in [-0.3, -0.25) is 4.40 Å². The zero-order valence-electron chi connectivity index (χ0n) is 15.2. The van der Waals surface area contributed by atoms with E-state index in [1.807, 2.05) is 35.7 Å². The molecule has 2 aromatic heterocycles. The second-order valence-corrected chi connectivity index (χ2v) is 9.46. The number of fused-ring (bicyclic) bond motifs is 1. The van der Waals surface area contributed by atoms with Crippen molar-refractivity contribution in [2.45, 2.75) is 39.0 Å². The maximum absolute atomic E-state index is 12.2.